The van der Waals surface area contributed by atoms with Gasteiger partial charge in [-0.15, -0.1) is 0 Å². The standard InChI is InChI=1S/C18H21FN2O3S/c1-12-9-16(25(23,24)21(3)4)11-17(13(12)2)20-18(22)10-14-5-7-15(19)8-6-14/h5-9,11H,10H2,1-4H3,(H,20,22). The smallest absolute Gasteiger partial charge is 0.242 e. The molecule has 0 aliphatic carbocycles. The lowest BCUT2D eigenvalue weighted by Crippen LogP contribution is -2.23. The van der Waals surface area contributed by atoms with Gasteiger partial charge in [0, 0.05) is 19.8 Å². The molecule has 0 saturated heterocycles. The molecule has 7 heteroatoms. The Balaban J connectivity index is 2.28. The van der Waals surface area contributed by atoms with Crippen LogP contribution in [0.3, 0.4) is 0 Å². The molecule has 1 amide bonds. The van der Waals surface area contributed by atoms with Crippen LogP contribution in [0.15, 0.2) is 41.3 Å². The van der Waals surface area contributed by atoms with Crippen LogP contribution < -0.4 is 5.32 Å². The van der Waals surface area contributed by atoms with Gasteiger partial charge in [0.25, 0.3) is 0 Å². The van der Waals surface area contributed by atoms with Crippen LogP contribution >= 0.6 is 0 Å². The first kappa shape index (κ1) is 19.1. The van der Waals surface area contributed by atoms with Crippen molar-refractivity contribution in [3.8, 4) is 0 Å². The molecule has 2 rings (SSSR count). The van der Waals surface area contributed by atoms with Gasteiger partial charge in [-0.1, -0.05) is 12.1 Å². The molecule has 0 atom stereocenters. The van der Waals surface area contributed by atoms with E-state index in [4.69, 9.17) is 0 Å². The van der Waals surface area contributed by atoms with E-state index in [-0.39, 0.29) is 23.0 Å². The molecule has 0 aromatic heterocycles. The molecule has 0 spiro atoms. The van der Waals surface area contributed by atoms with Crippen LogP contribution in [-0.4, -0.2) is 32.7 Å². The Kier molecular flexibility index (Phi) is 5.59. The molecule has 5 nitrogen and oxygen atoms in total. The minimum absolute atomic E-state index is 0.0728. The predicted molar refractivity (Wildman–Crippen MR) is 95.5 cm³/mol. The number of rotatable bonds is 5. The molecule has 0 saturated carbocycles. The highest BCUT2D eigenvalue weighted by molar-refractivity contribution is 7.89. The second-order valence-corrected chi connectivity index (χ2v) is 8.20. The Labute approximate surface area is 147 Å². The second-order valence-electron chi connectivity index (χ2n) is 6.05. The summed E-state index contributed by atoms with van der Waals surface area (Å²) in [6.45, 7) is 3.61. The number of carbonyl (C=O) groups excluding carboxylic acids is 1. The topological polar surface area (TPSA) is 66.5 Å². The Morgan fingerprint density at radius 2 is 1.72 bits per heavy atom. The number of hydrogen-bond donors (Lipinski definition) is 1. The number of nitrogens with one attached hydrogen (secondary N) is 1. The largest absolute Gasteiger partial charge is 0.326 e. The Hall–Kier alpha value is -2.25. The van der Waals surface area contributed by atoms with Crippen LogP contribution in [0, 0.1) is 19.7 Å². The second kappa shape index (κ2) is 7.33. The highest BCUT2D eigenvalue weighted by Crippen LogP contribution is 2.25. The SMILES string of the molecule is Cc1cc(S(=O)(=O)N(C)C)cc(NC(=O)Cc2ccc(F)cc2)c1C. The fourth-order valence-corrected chi connectivity index (χ4v) is 3.31. The third-order valence-corrected chi connectivity index (χ3v) is 5.76. The number of hydrogen-bond acceptors (Lipinski definition) is 3. The number of aryl methyl sites for hydroxylation is 1. The summed E-state index contributed by atoms with van der Waals surface area (Å²) in [4.78, 5) is 12.4. The Morgan fingerprint density at radius 3 is 2.28 bits per heavy atom. The van der Waals surface area contributed by atoms with Crippen LogP contribution in [0.4, 0.5) is 10.1 Å². The summed E-state index contributed by atoms with van der Waals surface area (Å²) in [5, 5.41) is 2.75. The van der Waals surface area contributed by atoms with E-state index < -0.39 is 10.0 Å². The molecule has 0 unspecified atom stereocenters. The summed E-state index contributed by atoms with van der Waals surface area (Å²) in [5.41, 5.74) is 2.68. The van der Waals surface area contributed by atoms with E-state index in [1.54, 1.807) is 25.1 Å². The summed E-state index contributed by atoms with van der Waals surface area (Å²) in [7, 11) is -0.686. The minimum atomic E-state index is -3.60. The fourth-order valence-electron chi connectivity index (χ4n) is 2.30. The van der Waals surface area contributed by atoms with Gasteiger partial charge in [0.05, 0.1) is 11.3 Å². The van der Waals surface area contributed by atoms with Crippen molar-refractivity contribution in [1.82, 2.24) is 4.31 Å². The van der Waals surface area contributed by atoms with Gasteiger partial charge >= 0.3 is 0 Å². The van der Waals surface area contributed by atoms with E-state index in [9.17, 15) is 17.6 Å². The monoisotopic (exact) mass is 364 g/mol. The van der Waals surface area contributed by atoms with Gasteiger partial charge in [-0.2, -0.15) is 0 Å². The Morgan fingerprint density at radius 1 is 1.12 bits per heavy atom. The van der Waals surface area contributed by atoms with Crippen molar-refractivity contribution in [2.45, 2.75) is 25.2 Å². The molecular formula is C18H21FN2O3S. The van der Waals surface area contributed by atoms with E-state index in [0.29, 0.717) is 11.3 Å². The van der Waals surface area contributed by atoms with Crippen molar-refractivity contribution >= 4 is 21.6 Å². The van der Waals surface area contributed by atoms with Gasteiger partial charge in [0.15, 0.2) is 0 Å². The van der Waals surface area contributed by atoms with E-state index in [2.05, 4.69) is 5.32 Å². The molecule has 0 aliphatic rings. The van der Waals surface area contributed by atoms with E-state index in [1.807, 2.05) is 6.92 Å². The molecule has 0 bridgehead atoms. The maximum absolute atomic E-state index is 12.9. The van der Waals surface area contributed by atoms with Gasteiger partial charge in [-0.05, 0) is 54.8 Å². The van der Waals surface area contributed by atoms with Crippen molar-refractivity contribution in [3.05, 3.63) is 58.9 Å². The van der Waals surface area contributed by atoms with Crippen LogP contribution in [-0.2, 0) is 21.2 Å². The first-order valence-corrected chi connectivity index (χ1v) is 9.13. The molecule has 0 heterocycles. The van der Waals surface area contributed by atoms with Crippen molar-refractivity contribution in [1.29, 1.82) is 0 Å². The maximum Gasteiger partial charge on any atom is 0.242 e. The zero-order valence-electron chi connectivity index (χ0n) is 14.6. The highest BCUT2D eigenvalue weighted by Gasteiger charge is 2.20. The molecular weight excluding hydrogens is 343 g/mol. The average Bonchev–Trinajstić information content (AvgIpc) is 2.53. The number of benzene rings is 2. The minimum Gasteiger partial charge on any atom is -0.326 e. The third kappa shape index (κ3) is 4.43. The summed E-state index contributed by atoms with van der Waals surface area (Å²) < 4.78 is 38.7. The number of nitrogens with zero attached hydrogens (tertiary/aromatic N) is 1. The summed E-state index contributed by atoms with van der Waals surface area (Å²) >= 11 is 0. The van der Waals surface area contributed by atoms with Crippen LogP contribution in [0.2, 0.25) is 0 Å². The van der Waals surface area contributed by atoms with Crippen molar-refractivity contribution in [2.24, 2.45) is 0 Å². The lowest BCUT2D eigenvalue weighted by Gasteiger charge is -2.16. The lowest BCUT2D eigenvalue weighted by atomic mass is 10.1. The summed E-state index contributed by atoms with van der Waals surface area (Å²) in [5.74, 6) is -0.661. The fraction of sp³-hybridized carbons (Fsp3) is 0.278. The molecule has 0 radical (unpaired) electrons. The lowest BCUT2D eigenvalue weighted by molar-refractivity contribution is -0.115. The van der Waals surface area contributed by atoms with E-state index >= 15 is 0 Å². The van der Waals surface area contributed by atoms with Crippen molar-refractivity contribution in [2.75, 3.05) is 19.4 Å². The molecule has 0 aliphatic heterocycles. The van der Waals surface area contributed by atoms with Crippen LogP contribution in [0.5, 0.6) is 0 Å². The molecule has 2 aromatic rings. The maximum atomic E-state index is 12.9. The van der Waals surface area contributed by atoms with Gasteiger partial charge in [-0.3, -0.25) is 4.79 Å². The molecule has 134 valence electrons. The quantitative estimate of drug-likeness (QED) is 0.887. The zero-order chi connectivity index (χ0) is 18.8. The predicted octanol–water partition coefficient (Wildman–Crippen LogP) is 2.87. The van der Waals surface area contributed by atoms with Crippen molar-refractivity contribution < 1.29 is 17.6 Å². The normalized spacial score (nSPS) is 11.6. The number of anilines is 1. The third-order valence-electron chi connectivity index (χ3n) is 3.97. The van der Waals surface area contributed by atoms with Crippen LogP contribution in [0.1, 0.15) is 16.7 Å². The van der Waals surface area contributed by atoms with Gasteiger partial charge < -0.3 is 5.32 Å². The molecule has 2 aromatic carbocycles. The zero-order valence-corrected chi connectivity index (χ0v) is 15.4. The average molecular weight is 364 g/mol. The van der Waals surface area contributed by atoms with E-state index in [0.717, 1.165) is 15.4 Å². The number of carbonyl (C=O) groups is 1. The number of amides is 1. The molecule has 0 fully saturated rings. The van der Waals surface area contributed by atoms with Gasteiger partial charge in [0.1, 0.15) is 5.82 Å². The summed E-state index contributed by atoms with van der Waals surface area (Å²) in [6, 6.07) is 8.71. The first-order chi connectivity index (χ1) is 11.6. The summed E-state index contributed by atoms with van der Waals surface area (Å²) in [6.07, 6.45) is 0.0728. The number of sulfonamides is 1. The molecule has 25 heavy (non-hydrogen) atoms. The van der Waals surface area contributed by atoms with Gasteiger partial charge in [0.2, 0.25) is 15.9 Å². The van der Waals surface area contributed by atoms with Gasteiger partial charge in [-0.25, -0.2) is 17.1 Å². The molecule has 1 N–H and O–H groups in total. The van der Waals surface area contributed by atoms with E-state index in [1.165, 1.54) is 32.3 Å². The Bertz CT molecular complexity index is 891. The van der Waals surface area contributed by atoms with Crippen LogP contribution in [0.25, 0.3) is 0 Å². The van der Waals surface area contributed by atoms with Crippen molar-refractivity contribution in [3.63, 3.8) is 0 Å². The first-order valence-electron chi connectivity index (χ1n) is 7.69. The number of halogens is 1. The highest BCUT2D eigenvalue weighted by atomic mass is 32.2.